The van der Waals surface area contributed by atoms with Crippen LogP contribution in [0.1, 0.15) is 70.1 Å². The van der Waals surface area contributed by atoms with E-state index in [1.54, 1.807) is 12.1 Å². The third kappa shape index (κ3) is 7.77. The zero-order valence-corrected chi connectivity index (χ0v) is 20.2. The fourth-order valence-corrected chi connectivity index (χ4v) is 4.51. The molecule has 0 N–H and O–H groups in total. The van der Waals surface area contributed by atoms with E-state index in [0.717, 1.165) is 38.2 Å². The van der Waals surface area contributed by atoms with E-state index < -0.39 is 31.2 Å². The summed E-state index contributed by atoms with van der Waals surface area (Å²) in [7, 11) is 2.31. The summed E-state index contributed by atoms with van der Waals surface area (Å²) in [5.74, 6) is 2.52. The summed E-state index contributed by atoms with van der Waals surface area (Å²) in [5, 5.41) is 0. The largest absolute Gasteiger partial charge is 0.510 e. The van der Waals surface area contributed by atoms with Crippen LogP contribution >= 0.6 is 0 Å². The molecule has 1 aromatic carbocycles. The van der Waals surface area contributed by atoms with Gasteiger partial charge in [0.25, 0.3) is 12.6 Å². The number of ether oxygens (including phenoxy) is 7. The van der Waals surface area contributed by atoms with Crippen molar-refractivity contribution in [3.63, 3.8) is 0 Å². The number of rotatable bonds is 10. The maximum Gasteiger partial charge on any atom is 0.510 e. The zero-order chi connectivity index (χ0) is 24.3. The minimum Gasteiger partial charge on any atom is -0.494 e. The predicted molar refractivity (Wildman–Crippen MR) is 121 cm³/mol. The van der Waals surface area contributed by atoms with Gasteiger partial charge in [-0.05, 0) is 36.8 Å². The van der Waals surface area contributed by atoms with E-state index in [4.69, 9.17) is 23.7 Å². The Balaban J connectivity index is 1.43. The van der Waals surface area contributed by atoms with Gasteiger partial charge in [-0.15, -0.1) is 0 Å². The summed E-state index contributed by atoms with van der Waals surface area (Å²) in [6.45, 7) is 2.95. The molecule has 0 amide bonds. The van der Waals surface area contributed by atoms with Crippen molar-refractivity contribution in [2.24, 2.45) is 11.8 Å². The average Bonchev–Trinajstić information content (AvgIpc) is 3.25. The molecule has 34 heavy (non-hydrogen) atoms. The number of benzene rings is 1. The summed E-state index contributed by atoms with van der Waals surface area (Å²) >= 11 is 0. The van der Waals surface area contributed by atoms with Crippen LogP contribution in [-0.2, 0) is 28.4 Å². The lowest BCUT2D eigenvalue weighted by Gasteiger charge is -2.28. The van der Waals surface area contributed by atoms with Crippen LogP contribution in [0.25, 0.3) is 0 Å². The van der Waals surface area contributed by atoms with Crippen molar-refractivity contribution in [1.82, 2.24) is 0 Å². The number of carbonyl (C=O) groups is 2. The molecule has 2 aliphatic rings. The Morgan fingerprint density at radius 2 is 1.38 bits per heavy atom. The molecule has 1 heterocycles. The maximum atomic E-state index is 11.5. The van der Waals surface area contributed by atoms with Crippen molar-refractivity contribution >= 4 is 12.3 Å². The van der Waals surface area contributed by atoms with Gasteiger partial charge in [0.05, 0.1) is 20.8 Å². The first kappa shape index (κ1) is 26.1. The molecule has 0 radical (unpaired) electrons. The van der Waals surface area contributed by atoms with Gasteiger partial charge in [-0.25, -0.2) is 9.59 Å². The summed E-state index contributed by atoms with van der Waals surface area (Å²) in [4.78, 5) is 22.9. The highest BCUT2D eigenvalue weighted by Gasteiger charge is 2.43. The fourth-order valence-electron chi connectivity index (χ4n) is 4.51. The Kier molecular flexibility index (Phi) is 10.3. The molecule has 190 valence electrons. The summed E-state index contributed by atoms with van der Waals surface area (Å²) in [6, 6.07) is 7.21. The highest BCUT2D eigenvalue weighted by atomic mass is 16.9. The van der Waals surface area contributed by atoms with Crippen LogP contribution in [-0.4, -0.2) is 45.7 Å². The van der Waals surface area contributed by atoms with Crippen LogP contribution in [0.15, 0.2) is 24.3 Å². The van der Waals surface area contributed by atoms with Crippen molar-refractivity contribution in [3.8, 4) is 5.75 Å². The van der Waals surface area contributed by atoms with Gasteiger partial charge in [-0.3, -0.25) is 0 Å². The Hall–Kier alpha value is -2.52. The second kappa shape index (κ2) is 13.4. The van der Waals surface area contributed by atoms with Crippen LogP contribution in [0.2, 0.25) is 0 Å². The van der Waals surface area contributed by atoms with Crippen molar-refractivity contribution in [2.45, 2.75) is 77.2 Å². The predicted octanol–water partition coefficient (Wildman–Crippen LogP) is 5.72. The lowest BCUT2D eigenvalue weighted by molar-refractivity contribution is -0.156. The van der Waals surface area contributed by atoms with Crippen molar-refractivity contribution in [2.75, 3.05) is 20.8 Å². The Labute approximate surface area is 200 Å². The van der Waals surface area contributed by atoms with Crippen LogP contribution in [0.5, 0.6) is 5.75 Å². The first-order valence-corrected chi connectivity index (χ1v) is 12.0. The summed E-state index contributed by atoms with van der Waals surface area (Å²) in [6.07, 6.45) is 4.87. The van der Waals surface area contributed by atoms with E-state index in [0.29, 0.717) is 12.2 Å². The molecule has 9 heteroatoms. The van der Waals surface area contributed by atoms with E-state index >= 15 is 0 Å². The van der Waals surface area contributed by atoms with Gasteiger partial charge in [-0.1, -0.05) is 57.6 Å². The SMILES string of the molecule is CCCC1CCC(CCCOc2ccc(C3O[C@H](OC(=O)OC)[C@@H](OC(=O)OC)O3)cc2)CC1. The fraction of sp³-hybridized carbons (Fsp3) is 0.680. The van der Waals surface area contributed by atoms with Gasteiger partial charge in [0.15, 0.2) is 6.29 Å². The molecular weight excluding hydrogens is 444 g/mol. The lowest BCUT2D eigenvalue weighted by atomic mass is 9.78. The molecule has 1 aliphatic heterocycles. The summed E-state index contributed by atoms with van der Waals surface area (Å²) in [5.41, 5.74) is 0.644. The molecule has 0 spiro atoms. The highest BCUT2D eigenvalue weighted by molar-refractivity contribution is 5.61. The van der Waals surface area contributed by atoms with Gasteiger partial charge in [0.2, 0.25) is 0 Å². The average molecular weight is 481 g/mol. The molecule has 1 aliphatic carbocycles. The molecule has 1 saturated heterocycles. The molecule has 0 unspecified atom stereocenters. The minimum atomic E-state index is -1.30. The number of carbonyl (C=O) groups excluding carboxylic acids is 2. The van der Waals surface area contributed by atoms with Gasteiger partial charge >= 0.3 is 12.3 Å². The molecule has 0 aromatic heterocycles. The molecule has 3 rings (SSSR count). The standard InChI is InChI=1S/C25H36O9/c1-4-6-17-8-10-18(11-9-17)7-5-16-30-20-14-12-19(13-15-20)21-31-22(33-24(26)28-2)23(32-21)34-25(27)29-3/h12-15,17-18,21-23H,4-11,16H2,1-3H3/t17?,18?,22-,23-/m1/s1. The van der Waals surface area contributed by atoms with Crippen LogP contribution in [0, 0.1) is 11.8 Å². The molecule has 9 nitrogen and oxygen atoms in total. The van der Waals surface area contributed by atoms with E-state index in [1.807, 2.05) is 12.1 Å². The molecular formula is C25H36O9. The zero-order valence-electron chi connectivity index (χ0n) is 20.2. The number of hydrogen-bond acceptors (Lipinski definition) is 9. The number of hydrogen-bond donors (Lipinski definition) is 0. The molecule has 2 atom stereocenters. The summed E-state index contributed by atoms with van der Waals surface area (Å²) < 4.78 is 35.9. The topological polar surface area (TPSA) is 98.8 Å². The van der Waals surface area contributed by atoms with Gasteiger partial charge in [0, 0.05) is 5.56 Å². The first-order chi connectivity index (χ1) is 16.5. The molecule has 1 saturated carbocycles. The third-order valence-electron chi connectivity index (χ3n) is 6.34. The second-order valence-corrected chi connectivity index (χ2v) is 8.72. The highest BCUT2D eigenvalue weighted by Crippen LogP contribution is 2.35. The van der Waals surface area contributed by atoms with Gasteiger partial charge in [0.1, 0.15) is 5.75 Å². The Morgan fingerprint density at radius 1 is 0.853 bits per heavy atom. The van der Waals surface area contributed by atoms with Gasteiger partial charge < -0.3 is 33.2 Å². The normalized spacial score (nSPS) is 24.9. The van der Waals surface area contributed by atoms with Crippen LogP contribution in [0.4, 0.5) is 9.59 Å². The van der Waals surface area contributed by atoms with E-state index in [9.17, 15) is 9.59 Å². The molecule has 1 aromatic rings. The smallest absolute Gasteiger partial charge is 0.494 e. The van der Waals surface area contributed by atoms with Crippen LogP contribution in [0.3, 0.4) is 0 Å². The second-order valence-electron chi connectivity index (χ2n) is 8.72. The minimum absolute atomic E-state index is 0.644. The third-order valence-corrected chi connectivity index (χ3v) is 6.34. The van der Waals surface area contributed by atoms with E-state index in [2.05, 4.69) is 16.4 Å². The van der Waals surface area contributed by atoms with Crippen LogP contribution < -0.4 is 4.74 Å². The first-order valence-electron chi connectivity index (χ1n) is 12.0. The Morgan fingerprint density at radius 3 is 1.88 bits per heavy atom. The monoisotopic (exact) mass is 480 g/mol. The van der Waals surface area contributed by atoms with Crippen molar-refractivity contribution in [3.05, 3.63) is 29.8 Å². The van der Waals surface area contributed by atoms with E-state index in [-0.39, 0.29) is 0 Å². The van der Waals surface area contributed by atoms with Crippen molar-refractivity contribution < 1.29 is 42.7 Å². The Bertz CT molecular complexity index is 732. The van der Waals surface area contributed by atoms with Crippen molar-refractivity contribution in [1.29, 1.82) is 0 Å². The maximum absolute atomic E-state index is 11.5. The molecule has 0 bridgehead atoms. The van der Waals surface area contributed by atoms with E-state index in [1.165, 1.54) is 44.9 Å². The van der Waals surface area contributed by atoms with Gasteiger partial charge in [-0.2, -0.15) is 0 Å². The quantitative estimate of drug-likeness (QED) is 0.308. The number of methoxy groups -OCH3 is 2. The molecule has 2 fully saturated rings. The lowest BCUT2D eigenvalue weighted by Crippen LogP contribution is -2.32.